The molecule has 0 bridgehead atoms. The van der Waals surface area contributed by atoms with Crippen LogP contribution in [-0.4, -0.2) is 16.0 Å². The molecule has 0 fully saturated rings. The van der Waals surface area contributed by atoms with Gasteiger partial charge in [-0.25, -0.2) is 4.98 Å². The van der Waals surface area contributed by atoms with E-state index in [1.54, 1.807) is 11.3 Å². The third kappa shape index (κ3) is 2.06. The first-order chi connectivity index (χ1) is 9.06. The van der Waals surface area contributed by atoms with Crippen LogP contribution in [0.15, 0.2) is 4.52 Å². The smallest absolute Gasteiger partial charge is 0.220 e. The zero-order valence-corrected chi connectivity index (χ0v) is 11.7. The van der Waals surface area contributed by atoms with Crippen molar-refractivity contribution < 1.29 is 9.32 Å². The number of aromatic nitrogens is 2. The summed E-state index contributed by atoms with van der Waals surface area (Å²) < 4.78 is 5.18. The molecular formula is C13H15N3O2S. The van der Waals surface area contributed by atoms with E-state index < -0.39 is 0 Å². The van der Waals surface area contributed by atoms with E-state index in [-0.39, 0.29) is 11.8 Å². The Hall–Kier alpha value is -1.69. The second-order valence-corrected chi connectivity index (χ2v) is 6.01. The molecule has 1 aliphatic rings. The van der Waals surface area contributed by atoms with Crippen LogP contribution in [0.25, 0.3) is 10.6 Å². The number of fused-ring (bicyclic) bond motifs is 1. The minimum absolute atomic E-state index is 0.0767. The van der Waals surface area contributed by atoms with Gasteiger partial charge in [0, 0.05) is 17.2 Å². The molecule has 1 aliphatic carbocycles. The Morgan fingerprint density at radius 2 is 2.26 bits per heavy atom. The highest BCUT2D eigenvalue weighted by molar-refractivity contribution is 7.15. The molecule has 3 rings (SSSR count). The van der Waals surface area contributed by atoms with Crippen molar-refractivity contribution in [3.8, 4) is 10.6 Å². The van der Waals surface area contributed by atoms with Crippen molar-refractivity contribution in [3.05, 3.63) is 22.0 Å². The predicted octanol–water partition coefficient (Wildman–Crippen LogP) is 2.01. The number of nitrogens with zero attached hydrogens (tertiary/aromatic N) is 2. The lowest BCUT2D eigenvalue weighted by Crippen LogP contribution is -2.28. The third-order valence-electron chi connectivity index (χ3n) is 3.59. The number of aryl methyl sites for hydroxylation is 3. The molecule has 0 radical (unpaired) electrons. The van der Waals surface area contributed by atoms with Gasteiger partial charge in [-0.05, 0) is 26.7 Å². The molecule has 1 amide bonds. The molecule has 0 aliphatic heterocycles. The van der Waals surface area contributed by atoms with Crippen LogP contribution in [0.3, 0.4) is 0 Å². The summed E-state index contributed by atoms with van der Waals surface area (Å²) in [7, 11) is 0. The second kappa shape index (κ2) is 4.45. The SMILES string of the molecule is Cc1noc(C)c1-c1nc2c(s1)CCC(C(N)=O)C2. The summed E-state index contributed by atoms with van der Waals surface area (Å²) in [6.45, 7) is 3.81. The molecule has 2 heterocycles. The van der Waals surface area contributed by atoms with Gasteiger partial charge in [0.05, 0.1) is 17.0 Å². The van der Waals surface area contributed by atoms with E-state index in [1.807, 2.05) is 13.8 Å². The highest BCUT2D eigenvalue weighted by Gasteiger charge is 2.27. The van der Waals surface area contributed by atoms with Gasteiger partial charge < -0.3 is 10.3 Å². The highest BCUT2D eigenvalue weighted by atomic mass is 32.1. The van der Waals surface area contributed by atoms with Gasteiger partial charge in [0.1, 0.15) is 10.8 Å². The van der Waals surface area contributed by atoms with Gasteiger partial charge in [0.25, 0.3) is 0 Å². The normalized spacial score (nSPS) is 18.3. The first kappa shape index (κ1) is 12.3. The summed E-state index contributed by atoms with van der Waals surface area (Å²) in [4.78, 5) is 17.2. The Morgan fingerprint density at radius 1 is 1.47 bits per heavy atom. The highest BCUT2D eigenvalue weighted by Crippen LogP contribution is 2.36. The molecular weight excluding hydrogens is 262 g/mol. The molecule has 5 nitrogen and oxygen atoms in total. The second-order valence-electron chi connectivity index (χ2n) is 4.93. The van der Waals surface area contributed by atoms with E-state index in [2.05, 4.69) is 10.1 Å². The number of hydrogen-bond donors (Lipinski definition) is 1. The van der Waals surface area contributed by atoms with Crippen LogP contribution in [-0.2, 0) is 17.6 Å². The van der Waals surface area contributed by atoms with E-state index in [0.717, 1.165) is 40.6 Å². The fourth-order valence-electron chi connectivity index (χ4n) is 2.52. The zero-order chi connectivity index (χ0) is 13.6. The largest absolute Gasteiger partial charge is 0.369 e. The average molecular weight is 277 g/mol. The van der Waals surface area contributed by atoms with Gasteiger partial charge in [-0.15, -0.1) is 11.3 Å². The molecule has 0 saturated heterocycles. The Bertz CT molecular complexity index is 625. The molecule has 2 aromatic rings. The van der Waals surface area contributed by atoms with Crippen molar-refractivity contribution >= 4 is 17.2 Å². The van der Waals surface area contributed by atoms with Crippen LogP contribution in [0.4, 0.5) is 0 Å². The average Bonchev–Trinajstić information content (AvgIpc) is 2.91. The number of rotatable bonds is 2. The Balaban J connectivity index is 1.98. The summed E-state index contributed by atoms with van der Waals surface area (Å²) in [6, 6.07) is 0. The first-order valence-corrected chi connectivity index (χ1v) is 7.09. The molecule has 1 atom stereocenters. The van der Waals surface area contributed by atoms with Crippen LogP contribution in [0.5, 0.6) is 0 Å². The maximum Gasteiger partial charge on any atom is 0.220 e. The molecule has 2 aromatic heterocycles. The van der Waals surface area contributed by atoms with Crippen LogP contribution in [0.1, 0.15) is 28.4 Å². The van der Waals surface area contributed by atoms with Crippen molar-refractivity contribution in [1.82, 2.24) is 10.1 Å². The summed E-state index contributed by atoms with van der Waals surface area (Å²) in [6.07, 6.45) is 2.36. The molecule has 6 heteroatoms. The summed E-state index contributed by atoms with van der Waals surface area (Å²) in [5, 5.41) is 4.90. The van der Waals surface area contributed by atoms with Gasteiger partial charge in [-0.3, -0.25) is 4.79 Å². The van der Waals surface area contributed by atoms with Crippen LogP contribution in [0.2, 0.25) is 0 Å². The Morgan fingerprint density at radius 3 is 2.89 bits per heavy atom. The fourth-order valence-corrected chi connectivity index (χ4v) is 3.77. The predicted molar refractivity (Wildman–Crippen MR) is 71.8 cm³/mol. The van der Waals surface area contributed by atoms with Crippen LogP contribution in [0, 0.1) is 19.8 Å². The van der Waals surface area contributed by atoms with E-state index >= 15 is 0 Å². The lowest BCUT2D eigenvalue weighted by molar-refractivity contribution is -0.122. The number of primary amides is 1. The molecule has 100 valence electrons. The Labute approximate surface area is 114 Å². The first-order valence-electron chi connectivity index (χ1n) is 6.27. The minimum atomic E-state index is -0.225. The fraction of sp³-hybridized carbons (Fsp3) is 0.462. The van der Waals surface area contributed by atoms with Crippen LogP contribution < -0.4 is 5.73 Å². The number of nitrogens with two attached hydrogens (primary N) is 1. The monoisotopic (exact) mass is 277 g/mol. The van der Waals surface area contributed by atoms with Crippen molar-refractivity contribution in [1.29, 1.82) is 0 Å². The van der Waals surface area contributed by atoms with E-state index in [4.69, 9.17) is 10.3 Å². The summed E-state index contributed by atoms with van der Waals surface area (Å²) in [5.74, 6) is 0.486. The third-order valence-corrected chi connectivity index (χ3v) is 4.76. The molecule has 19 heavy (non-hydrogen) atoms. The number of carbonyl (C=O) groups is 1. The van der Waals surface area contributed by atoms with Gasteiger partial charge in [0.2, 0.25) is 5.91 Å². The van der Waals surface area contributed by atoms with E-state index in [1.165, 1.54) is 4.88 Å². The lowest BCUT2D eigenvalue weighted by Gasteiger charge is -2.17. The van der Waals surface area contributed by atoms with Crippen molar-refractivity contribution in [2.75, 3.05) is 0 Å². The molecule has 0 spiro atoms. The number of thiazole rings is 1. The van der Waals surface area contributed by atoms with Gasteiger partial charge >= 0.3 is 0 Å². The zero-order valence-electron chi connectivity index (χ0n) is 10.9. The number of amides is 1. The number of hydrogen-bond acceptors (Lipinski definition) is 5. The molecule has 2 N–H and O–H groups in total. The molecule has 1 unspecified atom stereocenters. The maximum absolute atomic E-state index is 11.3. The topological polar surface area (TPSA) is 82.0 Å². The lowest BCUT2D eigenvalue weighted by atomic mass is 9.90. The van der Waals surface area contributed by atoms with Crippen molar-refractivity contribution in [3.63, 3.8) is 0 Å². The maximum atomic E-state index is 11.3. The minimum Gasteiger partial charge on any atom is -0.369 e. The van der Waals surface area contributed by atoms with Gasteiger partial charge in [-0.2, -0.15) is 0 Å². The quantitative estimate of drug-likeness (QED) is 0.910. The standard InChI is InChI=1S/C13H15N3O2S/c1-6-11(7(2)18-16-6)13-15-9-5-8(12(14)17)3-4-10(9)19-13/h8H,3-5H2,1-2H3,(H2,14,17). The van der Waals surface area contributed by atoms with Crippen molar-refractivity contribution in [2.45, 2.75) is 33.1 Å². The molecule has 0 aromatic carbocycles. The van der Waals surface area contributed by atoms with Crippen molar-refractivity contribution in [2.24, 2.45) is 11.7 Å². The van der Waals surface area contributed by atoms with E-state index in [9.17, 15) is 4.79 Å². The summed E-state index contributed by atoms with van der Waals surface area (Å²) in [5.41, 5.74) is 8.23. The van der Waals surface area contributed by atoms with Gasteiger partial charge in [0.15, 0.2) is 0 Å². The Kier molecular flexibility index (Phi) is 2.89. The van der Waals surface area contributed by atoms with Crippen LogP contribution >= 0.6 is 11.3 Å². The number of carbonyl (C=O) groups excluding carboxylic acids is 1. The van der Waals surface area contributed by atoms with E-state index in [0.29, 0.717) is 6.42 Å². The summed E-state index contributed by atoms with van der Waals surface area (Å²) >= 11 is 1.67. The molecule has 0 saturated carbocycles. The van der Waals surface area contributed by atoms with Gasteiger partial charge in [-0.1, -0.05) is 5.16 Å².